The maximum absolute atomic E-state index is 12.7. The van der Waals surface area contributed by atoms with Gasteiger partial charge >= 0.3 is 0 Å². The van der Waals surface area contributed by atoms with E-state index in [1.54, 1.807) is 6.07 Å². The third-order valence-electron chi connectivity index (χ3n) is 1.86. The van der Waals surface area contributed by atoms with Crippen molar-refractivity contribution in [2.45, 2.75) is 13.3 Å². The number of rotatable bonds is 2. The molecule has 0 bridgehead atoms. The quantitative estimate of drug-likeness (QED) is 0.619. The predicted molar refractivity (Wildman–Crippen MR) is 58.8 cm³/mol. The molecule has 15 heavy (non-hydrogen) atoms. The molecule has 1 rings (SSSR count). The SMILES string of the molecule is CC(=O)c1cc(I)cc(C#N)c1C(F)F. The Morgan fingerprint density at radius 1 is 1.53 bits per heavy atom. The van der Waals surface area contributed by atoms with Crippen LogP contribution in [0, 0.1) is 14.9 Å². The van der Waals surface area contributed by atoms with Crippen LogP contribution in [0.2, 0.25) is 0 Å². The fourth-order valence-electron chi connectivity index (χ4n) is 1.24. The number of nitrogens with zero attached hydrogens (tertiary/aromatic N) is 1. The molecule has 0 aliphatic rings. The summed E-state index contributed by atoms with van der Waals surface area (Å²) in [6.45, 7) is 1.21. The van der Waals surface area contributed by atoms with Gasteiger partial charge in [-0.1, -0.05) is 0 Å². The summed E-state index contributed by atoms with van der Waals surface area (Å²) in [6, 6.07) is 4.38. The molecule has 0 saturated heterocycles. The molecule has 78 valence electrons. The fourth-order valence-corrected chi connectivity index (χ4v) is 1.86. The van der Waals surface area contributed by atoms with E-state index in [-0.39, 0.29) is 11.1 Å². The lowest BCUT2D eigenvalue weighted by atomic mass is 9.99. The van der Waals surface area contributed by atoms with E-state index >= 15 is 0 Å². The molecule has 0 heterocycles. The first kappa shape index (κ1) is 12.0. The highest BCUT2D eigenvalue weighted by Crippen LogP contribution is 2.28. The van der Waals surface area contributed by atoms with Crippen molar-refractivity contribution in [2.75, 3.05) is 0 Å². The number of halogens is 3. The Morgan fingerprint density at radius 2 is 2.13 bits per heavy atom. The van der Waals surface area contributed by atoms with Gasteiger partial charge in [0.1, 0.15) is 0 Å². The summed E-state index contributed by atoms with van der Waals surface area (Å²) >= 11 is 1.88. The highest BCUT2D eigenvalue weighted by molar-refractivity contribution is 14.1. The highest BCUT2D eigenvalue weighted by Gasteiger charge is 2.21. The van der Waals surface area contributed by atoms with Crippen LogP contribution in [0.4, 0.5) is 8.78 Å². The molecule has 0 atom stereocenters. The van der Waals surface area contributed by atoms with Crippen molar-refractivity contribution in [3.8, 4) is 6.07 Å². The number of carbonyl (C=O) groups is 1. The molecular formula is C10H6F2INO. The summed E-state index contributed by atoms with van der Waals surface area (Å²) < 4.78 is 25.9. The number of benzene rings is 1. The molecular weight excluding hydrogens is 315 g/mol. The number of nitriles is 1. The minimum absolute atomic E-state index is 0.0755. The van der Waals surface area contributed by atoms with Crippen LogP contribution in [-0.2, 0) is 0 Å². The van der Waals surface area contributed by atoms with Crippen LogP contribution in [0.3, 0.4) is 0 Å². The molecule has 0 radical (unpaired) electrons. The normalized spacial score (nSPS) is 10.1. The second kappa shape index (κ2) is 4.66. The number of Topliss-reactive ketones (excluding diaryl/α,β-unsaturated/α-hetero) is 1. The van der Waals surface area contributed by atoms with Crippen LogP contribution in [0.5, 0.6) is 0 Å². The van der Waals surface area contributed by atoms with Crippen molar-refractivity contribution in [1.82, 2.24) is 0 Å². The van der Waals surface area contributed by atoms with Gasteiger partial charge in [0.25, 0.3) is 6.43 Å². The summed E-state index contributed by atoms with van der Waals surface area (Å²) in [5.41, 5.74) is -0.680. The van der Waals surface area contributed by atoms with Gasteiger partial charge < -0.3 is 0 Å². The van der Waals surface area contributed by atoms with Gasteiger partial charge in [0.2, 0.25) is 0 Å². The Morgan fingerprint density at radius 3 is 2.53 bits per heavy atom. The topological polar surface area (TPSA) is 40.9 Å². The monoisotopic (exact) mass is 321 g/mol. The molecule has 0 aliphatic heterocycles. The van der Waals surface area contributed by atoms with E-state index in [2.05, 4.69) is 0 Å². The Kier molecular flexibility index (Phi) is 3.74. The van der Waals surface area contributed by atoms with Crippen LogP contribution in [0.1, 0.15) is 34.8 Å². The van der Waals surface area contributed by atoms with Crippen LogP contribution >= 0.6 is 22.6 Å². The lowest BCUT2D eigenvalue weighted by Gasteiger charge is -2.08. The van der Waals surface area contributed by atoms with E-state index in [0.717, 1.165) is 0 Å². The van der Waals surface area contributed by atoms with E-state index in [4.69, 9.17) is 5.26 Å². The van der Waals surface area contributed by atoms with E-state index in [1.165, 1.54) is 19.1 Å². The van der Waals surface area contributed by atoms with Crippen molar-refractivity contribution in [3.05, 3.63) is 32.4 Å². The molecule has 0 aliphatic carbocycles. The molecule has 0 fully saturated rings. The first-order valence-corrected chi connectivity index (χ1v) is 5.08. The molecule has 1 aromatic rings. The Hall–Kier alpha value is -1.03. The Balaban J connectivity index is 3.56. The van der Waals surface area contributed by atoms with Crippen molar-refractivity contribution in [3.63, 3.8) is 0 Å². The minimum Gasteiger partial charge on any atom is -0.294 e. The number of ketones is 1. The van der Waals surface area contributed by atoms with Crippen molar-refractivity contribution in [2.24, 2.45) is 0 Å². The molecule has 0 spiro atoms. The third-order valence-corrected chi connectivity index (χ3v) is 2.49. The number of hydrogen-bond donors (Lipinski definition) is 0. The molecule has 0 N–H and O–H groups in total. The molecule has 0 amide bonds. The first-order valence-electron chi connectivity index (χ1n) is 4.00. The van der Waals surface area contributed by atoms with Crippen molar-refractivity contribution >= 4 is 28.4 Å². The second-order valence-electron chi connectivity index (χ2n) is 2.88. The summed E-state index contributed by atoms with van der Waals surface area (Å²) in [5.74, 6) is -0.458. The van der Waals surface area contributed by atoms with E-state index in [0.29, 0.717) is 3.57 Å². The fraction of sp³-hybridized carbons (Fsp3) is 0.200. The van der Waals surface area contributed by atoms with Crippen LogP contribution in [0.25, 0.3) is 0 Å². The minimum atomic E-state index is -2.81. The van der Waals surface area contributed by atoms with E-state index in [1.807, 2.05) is 22.6 Å². The van der Waals surface area contributed by atoms with Gasteiger partial charge in [-0.25, -0.2) is 8.78 Å². The molecule has 0 saturated carbocycles. The summed E-state index contributed by atoms with van der Waals surface area (Å²) in [7, 11) is 0. The molecule has 0 aromatic heterocycles. The zero-order chi connectivity index (χ0) is 11.6. The third kappa shape index (κ3) is 2.50. The zero-order valence-electron chi connectivity index (χ0n) is 7.72. The summed E-state index contributed by atoms with van der Waals surface area (Å²) in [5, 5.41) is 8.70. The lowest BCUT2D eigenvalue weighted by Crippen LogP contribution is -2.04. The van der Waals surface area contributed by atoms with Gasteiger partial charge in [-0.05, 0) is 41.6 Å². The van der Waals surface area contributed by atoms with Gasteiger partial charge in [-0.3, -0.25) is 4.79 Å². The Labute approximate surface area is 99.0 Å². The summed E-state index contributed by atoms with van der Waals surface area (Å²) in [4.78, 5) is 11.1. The zero-order valence-corrected chi connectivity index (χ0v) is 9.88. The number of hydrogen-bond acceptors (Lipinski definition) is 2. The number of alkyl halides is 2. The van der Waals surface area contributed by atoms with Gasteiger partial charge in [0.05, 0.1) is 11.6 Å². The Bertz CT molecular complexity index is 451. The van der Waals surface area contributed by atoms with Gasteiger partial charge in [-0.2, -0.15) is 5.26 Å². The van der Waals surface area contributed by atoms with Crippen LogP contribution in [-0.4, -0.2) is 5.78 Å². The average Bonchev–Trinajstić information content (AvgIpc) is 2.15. The van der Waals surface area contributed by atoms with Crippen molar-refractivity contribution < 1.29 is 13.6 Å². The van der Waals surface area contributed by atoms with Crippen LogP contribution in [0.15, 0.2) is 12.1 Å². The van der Waals surface area contributed by atoms with Gasteiger partial charge in [0, 0.05) is 14.7 Å². The van der Waals surface area contributed by atoms with Crippen molar-refractivity contribution in [1.29, 1.82) is 5.26 Å². The summed E-state index contributed by atoms with van der Waals surface area (Å²) in [6.07, 6.45) is -2.81. The molecule has 5 heteroatoms. The molecule has 2 nitrogen and oxygen atoms in total. The molecule has 0 unspecified atom stereocenters. The van der Waals surface area contributed by atoms with Crippen LogP contribution < -0.4 is 0 Å². The second-order valence-corrected chi connectivity index (χ2v) is 4.13. The smallest absolute Gasteiger partial charge is 0.265 e. The highest BCUT2D eigenvalue weighted by atomic mass is 127. The van der Waals surface area contributed by atoms with Gasteiger partial charge in [0.15, 0.2) is 5.78 Å². The average molecular weight is 321 g/mol. The molecule has 1 aromatic carbocycles. The maximum Gasteiger partial charge on any atom is 0.265 e. The number of carbonyl (C=O) groups excluding carboxylic acids is 1. The lowest BCUT2D eigenvalue weighted by molar-refractivity contribution is 0.0998. The predicted octanol–water partition coefficient (Wildman–Crippen LogP) is 3.30. The first-order chi connectivity index (χ1) is 6.97. The standard InChI is InChI=1S/C10H6F2INO/c1-5(15)8-3-7(13)2-6(4-14)9(8)10(11)12/h2-3,10H,1H3. The maximum atomic E-state index is 12.7. The van der Waals surface area contributed by atoms with Gasteiger partial charge in [-0.15, -0.1) is 0 Å². The largest absolute Gasteiger partial charge is 0.294 e. The van der Waals surface area contributed by atoms with E-state index in [9.17, 15) is 13.6 Å². The van der Waals surface area contributed by atoms with E-state index < -0.39 is 17.8 Å².